The van der Waals surface area contributed by atoms with Gasteiger partial charge in [-0.3, -0.25) is 9.36 Å². The maximum atomic E-state index is 13.1. The summed E-state index contributed by atoms with van der Waals surface area (Å²) >= 11 is 13.5. The van der Waals surface area contributed by atoms with Crippen molar-refractivity contribution in [3.05, 3.63) is 38.6 Å². The largest absolute Gasteiger partial charge is 0.444 e. The summed E-state index contributed by atoms with van der Waals surface area (Å²) in [6.07, 6.45) is -0.413. The van der Waals surface area contributed by atoms with Crippen molar-refractivity contribution in [2.24, 2.45) is 12.8 Å². The predicted octanol–water partition coefficient (Wildman–Crippen LogP) is 3.20. The van der Waals surface area contributed by atoms with E-state index in [1.807, 2.05) is 25.7 Å². The lowest BCUT2D eigenvalue weighted by molar-refractivity contribution is 0.0148. The molecule has 1 atom stereocenters. The van der Waals surface area contributed by atoms with Gasteiger partial charge in [-0.2, -0.15) is 4.98 Å². The van der Waals surface area contributed by atoms with E-state index in [1.165, 1.54) is 4.57 Å². The van der Waals surface area contributed by atoms with Crippen molar-refractivity contribution in [2.45, 2.75) is 42.2 Å². The molecule has 0 bridgehead atoms. The van der Waals surface area contributed by atoms with E-state index in [1.54, 1.807) is 30.1 Å². The van der Waals surface area contributed by atoms with Gasteiger partial charge in [0.25, 0.3) is 5.56 Å². The van der Waals surface area contributed by atoms with E-state index in [0.717, 1.165) is 11.8 Å². The SMILES string of the molecule is Cn1c(N2CCN(C(=O)OC(C)(C)C)[C@@H](CN)C2)nc(N)c(Sc2cccc(Cl)c2Cl)c1=O. The van der Waals surface area contributed by atoms with Crippen LogP contribution in [0.1, 0.15) is 20.8 Å². The smallest absolute Gasteiger partial charge is 0.410 e. The molecule has 0 saturated carbocycles. The van der Waals surface area contributed by atoms with Crippen molar-refractivity contribution in [2.75, 3.05) is 36.8 Å². The van der Waals surface area contributed by atoms with Crippen molar-refractivity contribution in [3.8, 4) is 0 Å². The second-order valence-electron chi connectivity index (χ2n) is 8.65. The number of hydrogen-bond donors (Lipinski definition) is 2. The number of amides is 1. The van der Waals surface area contributed by atoms with E-state index in [-0.39, 0.29) is 28.9 Å². The van der Waals surface area contributed by atoms with Crippen LogP contribution in [0.3, 0.4) is 0 Å². The zero-order valence-corrected chi connectivity index (χ0v) is 21.3. The number of ether oxygens (including phenoxy) is 1. The van der Waals surface area contributed by atoms with Crippen LogP contribution in [0.25, 0.3) is 0 Å². The van der Waals surface area contributed by atoms with Gasteiger partial charge in [-0.1, -0.05) is 41.0 Å². The highest BCUT2D eigenvalue weighted by Gasteiger charge is 2.34. The van der Waals surface area contributed by atoms with Crippen LogP contribution in [0.5, 0.6) is 0 Å². The number of carbonyl (C=O) groups excluding carboxylic acids is 1. The van der Waals surface area contributed by atoms with Crippen LogP contribution in [0.15, 0.2) is 32.8 Å². The zero-order valence-electron chi connectivity index (χ0n) is 19.0. The van der Waals surface area contributed by atoms with Gasteiger partial charge < -0.3 is 26.0 Å². The van der Waals surface area contributed by atoms with Gasteiger partial charge in [0.2, 0.25) is 5.95 Å². The molecule has 1 amide bonds. The summed E-state index contributed by atoms with van der Waals surface area (Å²) in [5.41, 5.74) is 11.2. The second-order valence-corrected chi connectivity index (χ2v) is 10.5. The molecule has 0 spiro atoms. The minimum absolute atomic E-state index is 0.0908. The first kappa shape index (κ1) is 25.5. The average Bonchev–Trinajstić information content (AvgIpc) is 2.74. The van der Waals surface area contributed by atoms with E-state index in [9.17, 15) is 9.59 Å². The third-order valence-corrected chi connectivity index (χ3v) is 7.12. The highest BCUT2D eigenvalue weighted by molar-refractivity contribution is 7.99. The van der Waals surface area contributed by atoms with Crippen LogP contribution < -0.4 is 21.9 Å². The molecular weight excluding hydrogens is 487 g/mol. The number of rotatable bonds is 4. The van der Waals surface area contributed by atoms with Gasteiger partial charge in [-0.25, -0.2) is 4.79 Å². The van der Waals surface area contributed by atoms with Gasteiger partial charge in [0.05, 0.1) is 16.1 Å². The molecule has 1 saturated heterocycles. The summed E-state index contributed by atoms with van der Waals surface area (Å²) in [6.45, 7) is 6.90. The maximum Gasteiger partial charge on any atom is 0.410 e. The summed E-state index contributed by atoms with van der Waals surface area (Å²) < 4.78 is 6.94. The number of halogens is 2. The van der Waals surface area contributed by atoms with Crippen LogP contribution in [0, 0.1) is 0 Å². The summed E-state index contributed by atoms with van der Waals surface area (Å²) in [4.78, 5) is 34.6. The van der Waals surface area contributed by atoms with Crippen LogP contribution in [-0.4, -0.2) is 58.4 Å². The Morgan fingerprint density at radius 2 is 2.00 bits per heavy atom. The Labute approximate surface area is 207 Å². The molecule has 33 heavy (non-hydrogen) atoms. The van der Waals surface area contributed by atoms with E-state index >= 15 is 0 Å². The van der Waals surface area contributed by atoms with Crippen molar-refractivity contribution in [1.82, 2.24) is 14.5 Å². The van der Waals surface area contributed by atoms with E-state index in [2.05, 4.69) is 4.98 Å². The lowest BCUT2D eigenvalue weighted by Gasteiger charge is -2.41. The summed E-state index contributed by atoms with van der Waals surface area (Å²) in [7, 11) is 1.63. The molecule has 2 aromatic rings. The van der Waals surface area contributed by atoms with Crippen LogP contribution in [-0.2, 0) is 11.8 Å². The number of nitrogens with two attached hydrogens (primary N) is 2. The first-order valence-electron chi connectivity index (χ1n) is 10.4. The Bertz CT molecular complexity index is 1100. The standard InChI is InChI=1S/C21H28Cl2N6O3S/c1-21(2,3)32-20(31)29-9-8-28(11-12(29)10-24)19-26-17(25)16(18(30)27(19)4)33-14-7-5-6-13(22)15(14)23/h5-7,12H,8-11,24-25H2,1-4H3/t12-/m0/s1. The van der Waals surface area contributed by atoms with Crippen molar-refractivity contribution >= 4 is 52.8 Å². The molecule has 3 rings (SSSR count). The van der Waals surface area contributed by atoms with Crippen molar-refractivity contribution < 1.29 is 9.53 Å². The highest BCUT2D eigenvalue weighted by atomic mass is 35.5. The molecule has 12 heteroatoms. The van der Waals surface area contributed by atoms with Gasteiger partial charge in [0.1, 0.15) is 16.3 Å². The molecule has 9 nitrogen and oxygen atoms in total. The normalized spacial score (nSPS) is 16.8. The van der Waals surface area contributed by atoms with Gasteiger partial charge in [-0.15, -0.1) is 0 Å². The van der Waals surface area contributed by atoms with Crippen LogP contribution in [0.2, 0.25) is 10.0 Å². The molecule has 0 aliphatic carbocycles. The lowest BCUT2D eigenvalue weighted by Crippen LogP contribution is -2.59. The van der Waals surface area contributed by atoms with Crippen molar-refractivity contribution in [3.63, 3.8) is 0 Å². The molecule has 4 N–H and O–H groups in total. The monoisotopic (exact) mass is 514 g/mol. The second kappa shape index (κ2) is 10.0. The molecular formula is C21H28Cl2N6O3S. The van der Waals surface area contributed by atoms with E-state index in [0.29, 0.717) is 40.5 Å². The van der Waals surface area contributed by atoms with Gasteiger partial charge in [0, 0.05) is 38.1 Å². The Hall–Kier alpha value is -2.14. The van der Waals surface area contributed by atoms with Gasteiger partial charge in [-0.05, 0) is 32.9 Å². The number of benzene rings is 1. The highest BCUT2D eigenvalue weighted by Crippen LogP contribution is 2.37. The summed E-state index contributed by atoms with van der Waals surface area (Å²) in [5, 5.41) is 0.732. The van der Waals surface area contributed by atoms with E-state index < -0.39 is 11.7 Å². The minimum atomic E-state index is -0.605. The number of aromatic nitrogens is 2. The molecule has 1 aliphatic rings. The third kappa shape index (κ3) is 5.68. The van der Waals surface area contributed by atoms with Gasteiger partial charge in [0.15, 0.2) is 0 Å². The average molecular weight is 515 g/mol. The first-order valence-corrected chi connectivity index (χ1v) is 11.9. The number of hydrogen-bond acceptors (Lipinski definition) is 8. The molecule has 1 aromatic heterocycles. The van der Waals surface area contributed by atoms with E-state index in [4.69, 9.17) is 39.4 Å². The molecule has 2 heterocycles. The fourth-order valence-corrected chi connectivity index (χ4v) is 4.85. The van der Waals surface area contributed by atoms with Crippen molar-refractivity contribution in [1.29, 1.82) is 0 Å². The Morgan fingerprint density at radius 1 is 1.30 bits per heavy atom. The number of nitrogens with zero attached hydrogens (tertiary/aromatic N) is 4. The summed E-state index contributed by atoms with van der Waals surface area (Å²) in [6, 6.07) is 4.87. The molecule has 0 radical (unpaired) electrons. The van der Waals surface area contributed by atoms with Gasteiger partial charge >= 0.3 is 6.09 Å². The fraction of sp³-hybridized carbons (Fsp3) is 0.476. The molecule has 0 unspecified atom stereocenters. The van der Waals surface area contributed by atoms with Crippen LogP contribution in [0.4, 0.5) is 16.6 Å². The first-order chi connectivity index (χ1) is 15.4. The van der Waals surface area contributed by atoms with Crippen LogP contribution >= 0.6 is 35.0 Å². The zero-order chi connectivity index (χ0) is 24.5. The Morgan fingerprint density at radius 3 is 2.64 bits per heavy atom. The topological polar surface area (TPSA) is 120 Å². The lowest BCUT2D eigenvalue weighted by atomic mass is 10.1. The third-order valence-electron chi connectivity index (χ3n) is 5.05. The number of nitrogen functional groups attached to an aromatic ring is 1. The number of anilines is 2. The predicted molar refractivity (Wildman–Crippen MR) is 132 cm³/mol. The summed E-state index contributed by atoms with van der Waals surface area (Å²) in [5.74, 6) is 0.495. The number of piperazine rings is 1. The Balaban J connectivity index is 1.85. The maximum absolute atomic E-state index is 13.1. The molecule has 180 valence electrons. The fourth-order valence-electron chi connectivity index (χ4n) is 3.44. The molecule has 1 fully saturated rings. The molecule has 1 aromatic carbocycles. The Kier molecular flexibility index (Phi) is 7.73. The quantitative estimate of drug-likeness (QED) is 0.637. The minimum Gasteiger partial charge on any atom is -0.444 e. The number of carbonyl (C=O) groups is 1. The molecule has 1 aliphatic heterocycles.